The first-order chi connectivity index (χ1) is 8.19. The Hall–Kier alpha value is -1.81. The van der Waals surface area contributed by atoms with Crippen LogP contribution in [0.2, 0.25) is 5.02 Å². The lowest BCUT2D eigenvalue weighted by atomic mass is 10.1. The lowest BCUT2D eigenvalue weighted by Crippen LogP contribution is -2.01. The summed E-state index contributed by atoms with van der Waals surface area (Å²) in [4.78, 5) is 18.2. The van der Waals surface area contributed by atoms with Crippen LogP contribution in [0.5, 0.6) is 0 Å². The van der Waals surface area contributed by atoms with Crippen molar-refractivity contribution in [1.82, 2.24) is 9.97 Å². The SMILES string of the molecule is COC(=O)c1cnc(Cc2ccc(Cl)cc2)[nH]1. The van der Waals surface area contributed by atoms with Gasteiger partial charge in [0.15, 0.2) is 0 Å². The molecule has 1 N–H and O–H groups in total. The molecule has 0 amide bonds. The van der Waals surface area contributed by atoms with Gasteiger partial charge in [0.2, 0.25) is 0 Å². The zero-order chi connectivity index (χ0) is 12.3. The molecular weight excluding hydrogens is 240 g/mol. The van der Waals surface area contributed by atoms with Gasteiger partial charge in [-0.1, -0.05) is 23.7 Å². The normalized spacial score (nSPS) is 10.2. The van der Waals surface area contributed by atoms with E-state index < -0.39 is 5.97 Å². The molecule has 2 aromatic rings. The van der Waals surface area contributed by atoms with Crippen LogP contribution < -0.4 is 0 Å². The predicted molar refractivity (Wildman–Crippen MR) is 64.2 cm³/mol. The highest BCUT2D eigenvalue weighted by atomic mass is 35.5. The molecule has 1 aromatic heterocycles. The van der Waals surface area contributed by atoms with Gasteiger partial charge < -0.3 is 9.72 Å². The second-order valence-corrected chi connectivity index (χ2v) is 3.97. The topological polar surface area (TPSA) is 55.0 Å². The van der Waals surface area contributed by atoms with Crippen LogP contribution in [-0.4, -0.2) is 23.0 Å². The first kappa shape index (κ1) is 11.7. The van der Waals surface area contributed by atoms with Crippen LogP contribution in [0.3, 0.4) is 0 Å². The van der Waals surface area contributed by atoms with Gasteiger partial charge in [-0.3, -0.25) is 0 Å². The number of imidazole rings is 1. The molecule has 2 rings (SSSR count). The summed E-state index contributed by atoms with van der Waals surface area (Å²) in [7, 11) is 1.34. The Bertz CT molecular complexity index is 520. The van der Waals surface area contributed by atoms with Crippen molar-refractivity contribution in [3.63, 3.8) is 0 Å². The van der Waals surface area contributed by atoms with Crippen molar-refractivity contribution in [3.05, 3.63) is 52.6 Å². The molecule has 0 bridgehead atoms. The van der Waals surface area contributed by atoms with Crippen molar-refractivity contribution in [2.24, 2.45) is 0 Å². The fraction of sp³-hybridized carbons (Fsp3) is 0.167. The third-order valence-electron chi connectivity index (χ3n) is 2.32. The maximum Gasteiger partial charge on any atom is 0.356 e. The van der Waals surface area contributed by atoms with Crippen LogP contribution in [0.1, 0.15) is 21.9 Å². The minimum atomic E-state index is -0.417. The minimum absolute atomic E-state index is 0.358. The van der Waals surface area contributed by atoms with E-state index in [-0.39, 0.29) is 0 Å². The van der Waals surface area contributed by atoms with Crippen molar-refractivity contribution in [2.45, 2.75) is 6.42 Å². The van der Waals surface area contributed by atoms with E-state index in [1.165, 1.54) is 13.3 Å². The molecule has 88 valence electrons. The van der Waals surface area contributed by atoms with Crippen molar-refractivity contribution >= 4 is 17.6 Å². The number of benzene rings is 1. The lowest BCUT2D eigenvalue weighted by molar-refractivity contribution is 0.0594. The number of aromatic amines is 1. The highest BCUT2D eigenvalue weighted by Crippen LogP contribution is 2.12. The van der Waals surface area contributed by atoms with E-state index in [9.17, 15) is 4.79 Å². The molecule has 1 heterocycles. The molecule has 4 nitrogen and oxygen atoms in total. The minimum Gasteiger partial charge on any atom is -0.464 e. The quantitative estimate of drug-likeness (QED) is 0.852. The molecule has 0 radical (unpaired) electrons. The smallest absolute Gasteiger partial charge is 0.356 e. The molecule has 1 aromatic carbocycles. The molecular formula is C12H11ClN2O2. The van der Waals surface area contributed by atoms with Gasteiger partial charge in [-0.05, 0) is 17.7 Å². The number of carbonyl (C=O) groups is 1. The number of hydrogen-bond donors (Lipinski definition) is 1. The zero-order valence-corrected chi connectivity index (χ0v) is 9.99. The van der Waals surface area contributed by atoms with Crippen molar-refractivity contribution in [3.8, 4) is 0 Å². The molecule has 0 fully saturated rings. The summed E-state index contributed by atoms with van der Waals surface area (Å²) in [5, 5.41) is 0.698. The van der Waals surface area contributed by atoms with Crippen LogP contribution >= 0.6 is 11.6 Å². The maximum atomic E-state index is 11.2. The number of carbonyl (C=O) groups excluding carboxylic acids is 1. The summed E-state index contributed by atoms with van der Waals surface area (Å²) in [5.74, 6) is 0.299. The van der Waals surface area contributed by atoms with Crippen molar-refractivity contribution in [2.75, 3.05) is 7.11 Å². The van der Waals surface area contributed by atoms with Gasteiger partial charge in [0.1, 0.15) is 11.5 Å². The van der Waals surface area contributed by atoms with Crippen LogP contribution in [0.25, 0.3) is 0 Å². The van der Waals surface area contributed by atoms with E-state index in [4.69, 9.17) is 11.6 Å². The van der Waals surface area contributed by atoms with Gasteiger partial charge in [-0.25, -0.2) is 9.78 Å². The first-order valence-corrected chi connectivity index (χ1v) is 5.43. The molecule has 0 aliphatic rings. The average molecular weight is 251 g/mol. The fourth-order valence-electron chi connectivity index (χ4n) is 1.46. The Balaban J connectivity index is 2.11. The maximum absolute atomic E-state index is 11.2. The summed E-state index contributed by atoms with van der Waals surface area (Å²) in [6.07, 6.45) is 2.09. The number of hydrogen-bond acceptors (Lipinski definition) is 3. The van der Waals surface area contributed by atoms with E-state index in [2.05, 4.69) is 14.7 Å². The number of methoxy groups -OCH3 is 1. The van der Waals surface area contributed by atoms with E-state index in [0.29, 0.717) is 23.0 Å². The van der Waals surface area contributed by atoms with E-state index in [1.54, 1.807) is 0 Å². The molecule has 17 heavy (non-hydrogen) atoms. The molecule has 0 aliphatic carbocycles. The average Bonchev–Trinajstić information content (AvgIpc) is 2.80. The highest BCUT2D eigenvalue weighted by molar-refractivity contribution is 6.30. The number of H-pyrrole nitrogens is 1. The number of esters is 1. The van der Waals surface area contributed by atoms with E-state index >= 15 is 0 Å². The third kappa shape index (κ3) is 2.85. The predicted octanol–water partition coefficient (Wildman–Crippen LogP) is 2.44. The monoisotopic (exact) mass is 250 g/mol. The summed E-state index contributed by atoms with van der Waals surface area (Å²) in [6, 6.07) is 7.48. The summed E-state index contributed by atoms with van der Waals surface area (Å²) < 4.78 is 4.59. The Morgan fingerprint density at radius 1 is 1.41 bits per heavy atom. The number of rotatable bonds is 3. The van der Waals surface area contributed by atoms with Gasteiger partial charge in [0.05, 0.1) is 13.3 Å². The molecule has 0 atom stereocenters. The van der Waals surface area contributed by atoms with E-state index in [0.717, 1.165) is 5.56 Å². The second-order valence-electron chi connectivity index (χ2n) is 3.54. The molecule has 0 saturated carbocycles. The Kier molecular flexibility index (Phi) is 3.44. The van der Waals surface area contributed by atoms with Gasteiger partial charge in [0, 0.05) is 11.4 Å². The largest absolute Gasteiger partial charge is 0.464 e. The molecule has 5 heteroatoms. The van der Waals surface area contributed by atoms with Crippen LogP contribution in [-0.2, 0) is 11.2 Å². The number of aromatic nitrogens is 2. The molecule has 0 aliphatic heterocycles. The Labute approximate surface area is 104 Å². The second kappa shape index (κ2) is 5.01. The Morgan fingerprint density at radius 3 is 2.76 bits per heavy atom. The zero-order valence-electron chi connectivity index (χ0n) is 9.24. The lowest BCUT2D eigenvalue weighted by Gasteiger charge is -1.98. The Morgan fingerprint density at radius 2 is 2.12 bits per heavy atom. The third-order valence-corrected chi connectivity index (χ3v) is 2.57. The number of nitrogens with zero attached hydrogens (tertiary/aromatic N) is 1. The van der Waals surface area contributed by atoms with Gasteiger partial charge in [-0.15, -0.1) is 0 Å². The summed E-state index contributed by atoms with van der Waals surface area (Å²) >= 11 is 5.79. The number of halogens is 1. The van der Waals surface area contributed by atoms with Crippen molar-refractivity contribution in [1.29, 1.82) is 0 Å². The molecule has 0 saturated heterocycles. The summed E-state index contributed by atoms with van der Waals surface area (Å²) in [6.45, 7) is 0. The van der Waals surface area contributed by atoms with Crippen LogP contribution in [0.15, 0.2) is 30.5 Å². The molecule has 0 spiro atoms. The standard InChI is InChI=1S/C12H11ClN2O2/c1-17-12(16)10-7-14-11(15-10)6-8-2-4-9(13)5-3-8/h2-5,7H,6H2,1H3,(H,14,15). The van der Waals surface area contributed by atoms with Crippen LogP contribution in [0, 0.1) is 0 Å². The van der Waals surface area contributed by atoms with Gasteiger partial charge >= 0.3 is 5.97 Å². The van der Waals surface area contributed by atoms with Gasteiger partial charge in [-0.2, -0.15) is 0 Å². The van der Waals surface area contributed by atoms with E-state index in [1.807, 2.05) is 24.3 Å². The first-order valence-electron chi connectivity index (χ1n) is 5.05. The molecule has 0 unspecified atom stereocenters. The van der Waals surface area contributed by atoms with Gasteiger partial charge in [0.25, 0.3) is 0 Å². The fourth-order valence-corrected chi connectivity index (χ4v) is 1.59. The van der Waals surface area contributed by atoms with Crippen molar-refractivity contribution < 1.29 is 9.53 Å². The van der Waals surface area contributed by atoms with Crippen LogP contribution in [0.4, 0.5) is 0 Å². The number of nitrogens with one attached hydrogen (secondary N) is 1. The number of ether oxygens (including phenoxy) is 1. The summed E-state index contributed by atoms with van der Waals surface area (Å²) in [5.41, 5.74) is 1.43. The highest BCUT2D eigenvalue weighted by Gasteiger charge is 2.09.